The normalized spacial score (nSPS) is 12.0. The van der Waals surface area contributed by atoms with Crippen molar-refractivity contribution in [1.29, 1.82) is 0 Å². The van der Waals surface area contributed by atoms with Crippen LogP contribution in [0.15, 0.2) is 12.4 Å². The van der Waals surface area contributed by atoms with Crippen LogP contribution in [0.4, 0.5) is 17.5 Å². The zero-order chi connectivity index (χ0) is 15.4. The lowest BCUT2D eigenvalue weighted by Gasteiger charge is -2.12. The molecule has 10 heteroatoms. The van der Waals surface area contributed by atoms with E-state index in [9.17, 15) is 10.1 Å². The Bertz CT molecular complexity index is 645. The van der Waals surface area contributed by atoms with Crippen molar-refractivity contribution in [2.75, 3.05) is 10.7 Å². The molecule has 0 radical (unpaired) electrons. The summed E-state index contributed by atoms with van der Waals surface area (Å²) in [6.07, 6.45) is 3.81. The van der Waals surface area contributed by atoms with E-state index in [1.54, 1.807) is 17.5 Å². The Morgan fingerprint density at radius 2 is 2.24 bits per heavy atom. The minimum Gasteiger partial charge on any atom is -0.355 e. The fourth-order valence-corrected chi connectivity index (χ4v) is 2.50. The summed E-state index contributed by atoms with van der Waals surface area (Å²) in [6.45, 7) is 3.91. The van der Waals surface area contributed by atoms with E-state index in [1.165, 1.54) is 0 Å². The van der Waals surface area contributed by atoms with Crippen LogP contribution < -0.4 is 16.6 Å². The third kappa shape index (κ3) is 3.41. The topological polar surface area (TPSA) is 132 Å². The summed E-state index contributed by atoms with van der Waals surface area (Å²) in [7, 11) is 0. The number of aryl methyl sites for hydroxylation is 1. The second kappa shape index (κ2) is 6.41. The molecule has 2 heterocycles. The predicted octanol–water partition coefficient (Wildman–Crippen LogP) is 1.86. The van der Waals surface area contributed by atoms with Gasteiger partial charge in [-0.05, 0) is 13.3 Å². The molecule has 0 aromatic carbocycles. The molecule has 0 saturated carbocycles. The van der Waals surface area contributed by atoms with Crippen molar-refractivity contribution in [2.45, 2.75) is 26.3 Å². The fraction of sp³-hybridized carbons (Fsp3) is 0.364. The molecule has 21 heavy (non-hydrogen) atoms. The molecule has 2 aromatic rings. The lowest BCUT2D eigenvalue weighted by Crippen LogP contribution is -2.14. The third-order valence-electron chi connectivity index (χ3n) is 2.74. The summed E-state index contributed by atoms with van der Waals surface area (Å²) < 4.78 is 0. The molecule has 4 N–H and O–H groups in total. The van der Waals surface area contributed by atoms with Gasteiger partial charge in [0.25, 0.3) is 0 Å². The van der Waals surface area contributed by atoms with E-state index in [-0.39, 0.29) is 23.5 Å². The van der Waals surface area contributed by atoms with Crippen LogP contribution in [0, 0.1) is 10.1 Å². The maximum absolute atomic E-state index is 11.0. The molecule has 0 aliphatic carbocycles. The molecule has 2 rings (SSSR count). The highest BCUT2D eigenvalue weighted by Gasteiger charge is 2.20. The monoisotopic (exact) mass is 309 g/mol. The molecule has 0 amide bonds. The number of rotatable bonds is 6. The third-order valence-corrected chi connectivity index (χ3v) is 4.06. The maximum atomic E-state index is 11.0. The molecule has 1 atom stereocenters. The van der Waals surface area contributed by atoms with E-state index in [0.717, 1.165) is 22.5 Å². The van der Waals surface area contributed by atoms with E-state index in [4.69, 9.17) is 5.84 Å². The van der Waals surface area contributed by atoms with Crippen LogP contribution in [-0.4, -0.2) is 19.9 Å². The van der Waals surface area contributed by atoms with Gasteiger partial charge in [-0.25, -0.2) is 15.8 Å². The Morgan fingerprint density at radius 1 is 1.48 bits per heavy atom. The van der Waals surface area contributed by atoms with Gasteiger partial charge in [-0.2, -0.15) is 4.98 Å². The summed E-state index contributed by atoms with van der Waals surface area (Å²) in [5.41, 5.74) is 2.05. The zero-order valence-corrected chi connectivity index (χ0v) is 12.3. The van der Waals surface area contributed by atoms with Crippen LogP contribution >= 0.6 is 11.3 Å². The van der Waals surface area contributed by atoms with E-state index < -0.39 is 4.92 Å². The van der Waals surface area contributed by atoms with Gasteiger partial charge in [0.1, 0.15) is 11.2 Å². The van der Waals surface area contributed by atoms with Crippen molar-refractivity contribution in [3.8, 4) is 0 Å². The number of nitro groups is 1. The van der Waals surface area contributed by atoms with E-state index >= 15 is 0 Å². The zero-order valence-electron chi connectivity index (χ0n) is 11.5. The Morgan fingerprint density at radius 3 is 2.81 bits per heavy atom. The van der Waals surface area contributed by atoms with E-state index in [2.05, 4.69) is 25.7 Å². The molecule has 2 aromatic heterocycles. The fourth-order valence-electron chi connectivity index (χ4n) is 1.64. The molecule has 1 unspecified atom stereocenters. The van der Waals surface area contributed by atoms with Crippen LogP contribution in [-0.2, 0) is 6.42 Å². The van der Waals surface area contributed by atoms with Gasteiger partial charge in [0.2, 0.25) is 11.8 Å². The van der Waals surface area contributed by atoms with Crippen LogP contribution in [0.5, 0.6) is 0 Å². The Labute approximate surface area is 124 Å². The van der Waals surface area contributed by atoms with E-state index in [0.29, 0.717) is 0 Å². The lowest BCUT2D eigenvalue weighted by molar-refractivity contribution is -0.384. The average molecular weight is 309 g/mol. The first-order valence-electron chi connectivity index (χ1n) is 6.24. The Kier molecular flexibility index (Phi) is 4.60. The molecule has 0 spiro atoms. The highest BCUT2D eigenvalue weighted by atomic mass is 32.1. The highest BCUT2D eigenvalue weighted by molar-refractivity contribution is 7.11. The standard InChI is InChI=1S/C11H15N7O2S/c1-3-7-4-13-10(21-7)6(2)15-9-8(18(19)20)5-14-11(16-9)17-12/h4-6H,3,12H2,1-2H3,(H2,14,15,16,17). The van der Waals surface area contributed by atoms with Crippen molar-refractivity contribution in [1.82, 2.24) is 15.0 Å². The number of anilines is 2. The molecule has 0 aliphatic heterocycles. The first kappa shape index (κ1) is 15.1. The molecule has 112 valence electrons. The number of hydrogen-bond acceptors (Lipinski definition) is 9. The van der Waals surface area contributed by atoms with Crippen LogP contribution in [0.2, 0.25) is 0 Å². The van der Waals surface area contributed by atoms with Gasteiger partial charge in [-0.1, -0.05) is 6.92 Å². The SMILES string of the molecule is CCc1cnc(C(C)Nc2nc(NN)ncc2[N+](=O)[O-])s1. The molecule has 0 aliphatic rings. The number of nitrogens with one attached hydrogen (secondary N) is 2. The summed E-state index contributed by atoms with van der Waals surface area (Å²) in [6, 6.07) is -0.213. The number of nitrogens with zero attached hydrogens (tertiary/aromatic N) is 4. The van der Waals surface area contributed by atoms with Crippen LogP contribution in [0.3, 0.4) is 0 Å². The number of hydrogen-bond donors (Lipinski definition) is 3. The van der Waals surface area contributed by atoms with Gasteiger partial charge in [0.15, 0.2) is 0 Å². The number of nitrogens with two attached hydrogens (primary N) is 1. The maximum Gasteiger partial charge on any atom is 0.329 e. The Hall–Kier alpha value is -2.33. The number of thiazole rings is 1. The summed E-state index contributed by atoms with van der Waals surface area (Å²) in [5, 5.41) is 14.8. The first-order valence-corrected chi connectivity index (χ1v) is 7.06. The molecule has 9 nitrogen and oxygen atoms in total. The van der Waals surface area contributed by atoms with Gasteiger partial charge in [0, 0.05) is 11.1 Å². The molecule has 0 saturated heterocycles. The van der Waals surface area contributed by atoms with Gasteiger partial charge < -0.3 is 5.32 Å². The van der Waals surface area contributed by atoms with E-state index in [1.807, 2.05) is 13.8 Å². The Balaban J connectivity index is 2.26. The first-order chi connectivity index (χ1) is 10.0. The molecule has 0 bridgehead atoms. The van der Waals surface area contributed by atoms with Crippen LogP contribution in [0.25, 0.3) is 0 Å². The summed E-state index contributed by atoms with van der Waals surface area (Å²) >= 11 is 1.56. The van der Waals surface area contributed by atoms with Gasteiger partial charge in [-0.15, -0.1) is 11.3 Å². The molecular formula is C11H15N7O2S. The largest absolute Gasteiger partial charge is 0.355 e. The van der Waals surface area contributed by atoms with Gasteiger partial charge in [-0.3, -0.25) is 15.5 Å². The van der Waals surface area contributed by atoms with Crippen molar-refractivity contribution >= 4 is 28.8 Å². The van der Waals surface area contributed by atoms with Crippen molar-refractivity contribution in [3.63, 3.8) is 0 Å². The highest BCUT2D eigenvalue weighted by Crippen LogP contribution is 2.28. The molecular weight excluding hydrogens is 294 g/mol. The number of hydrazine groups is 1. The van der Waals surface area contributed by atoms with Gasteiger partial charge >= 0.3 is 5.69 Å². The minimum atomic E-state index is -0.547. The molecule has 0 fully saturated rings. The summed E-state index contributed by atoms with van der Waals surface area (Å²) in [5.74, 6) is 5.43. The van der Waals surface area contributed by atoms with Crippen LogP contribution in [0.1, 0.15) is 29.8 Å². The minimum absolute atomic E-state index is 0.101. The predicted molar refractivity (Wildman–Crippen MR) is 80.0 cm³/mol. The second-order valence-electron chi connectivity index (χ2n) is 4.21. The second-order valence-corrected chi connectivity index (χ2v) is 5.36. The van der Waals surface area contributed by atoms with Crippen molar-refractivity contribution < 1.29 is 4.92 Å². The number of nitrogen functional groups attached to an aromatic ring is 1. The quantitative estimate of drug-likeness (QED) is 0.418. The lowest BCUT2D eigenvalue weighted by atomic mass is 10.3. The van der Waals surface area contributed by atoms with Crippen molar-refractivity contribution in [2.24, 2.45) is 5.84 Å². The van der Waals surface area contributed by atoms with Crippen molar-refractivity contribution in [3.05, 3.63) is 32.4 Å². The smallest absolute Gasteiger partial charge is 0.329 e. The average Bonchev–Trinajstić information content (AvgIpc) is 2.95. The summed E-state index contributed by atoms with van der Waals surface area (Å²) in [4.78, 5) is 23.6. The van der Waals surface area contributed by atoms with Gasteiger partial charge in [0.05, 0.1) is 11.0 Å². The number of aromatic nitrogens is 3.